The second kappa shape index (κ2) is 4.83. The molecule has 0 saturated carbocycles. The molecule has 100 valence electrons. The fraction of sp³-hybridized carbons (Fsp3) is 0.0667. The van der Waals surface area contributed by atoms with E-state index in [0.717, 1.165) is 4.90 Å². The molecule has 2 aromatic carbocycles. The zero-order valence-electron chi connectivity index (χ0n) is 10.3. The maximum absolute atomic E-state index is 13.5. The van der Waals surface area contributed by atoms with Crippen molar-refractivity contribution in [3.8, 4) is 0 Å². The Kier molecular flexibility index (Phi) is 3.14. The van der Waals surface area contributed by atoms with Crippen LogP contribution >= 0.6 is 15.9 Å². The average Bonchev–Trinajstić information content (AvgIpc) is 2.71. The minimum absolute atomic E-state index is 0.285. The van der Waals surface area contributed by atoms with Crippen LogP contribution in [0.2, 0.25) is 0 Å². The van der Waals surface area contributed by atoms with Crippen molar-refractivity contribution < 1.29 is 14.0 Å². The molecule has 0 aromatic heterocycles. The van der Waals surface area contributed by atoms with Gasteiger partial charge in [0.1, 0.15) is 5.82 Å². The molecule has 0 atom stereocenters. The van der Waals surface area contributed by atoms with Gasteiger partial charge in [-0.15, -0.1) is 0 Å². The third-order valence-corrected chi connectivity index (χ3v) is 3.83. The van der Waals surface area contributed by atoms with Gasteiger partial charge in [0, 0.05) is 5.33 Å². The SMILES string of the molecule is O=C1c2ccccc2C(=O)N1c1cc(F)ccc1CBr. The molecule has 2 amide bonds. The average molecular weight is 334 g/mol. The number of amides is 2. The molecule has 1 heterocycles. The van der Waals surface area contributed by atoms with Crippen molar-refractivity contribution in [1.29, 1.82) is 0 Å². The van der Waals surface area contributed by atoms with Gasteiger partial charge in [-0.05, 0) is 29.8 Å². The molecule has 0 N–H and O–H groups in total. The summed E-state index contributed by atoms with van der Waals surface area (Å²) >= 11 is 3.28. The number of rotatable bonds is 2. The predicted molar refractivity (Wildman–Crippen MR) is 76.6 cm³/mol. The van der Waals surface area contributed by atoms with E-state index < -0.39 is 17.6 Å². The Morgan fingerprint density at radius 1 is 1.00 bits per heavy atom. The van der Waals surface area contributed by atoms with Crippen molar-refractivity contribution >= 4 is 33.4 Å². The summed E-state index contributed by atoms with van der Waals surface area (Å²) in [6.45, 7) is 0. The molecular formula is C15H9BrFNO2. The fourth-order valence-corrected chi connectivity index (χ4v) is 2.74. The molecule has 2 aromatic rings. The van der Waals surface area contributed by atoms with Crippen LogP contribution in [0.3, 0.4) is 0 Å². The van der Waals surface area contributed by atoms with Crippen LogP contribution < -0.4 is 4.90 Å². The molecule has 1 aliphatic rings. The quantitative estimate of drug-likeness (QED) is 0.622. The number of fused-ring (bicyclic) bond motifs is 1. The molecule has 3 rings (SSSR count). The van der Waals surface area contributed by atoms with Crippen molar-refractivity contribution in [1.82, 2.24) is 0 Å². The summed E-state index contributed by atoms with van der Waals surface area (Å²) < 4.78 is 13.5. The molecule has 0 radical (unpaired) electrons. The highest BCUT2D eigenvalue weighted by molar-refractivity contribution is 9.08. The molecule has 5 heteroatoms. The van der Waals surface area contributed by atoms with E-state index >= 15 is 0 Å². The van der Waals surface area contributed by atoms with Crippen molar-refractivity contribution in [3.05, 3.63) is 65.0 Å². The van der Waals surface area contributed by atoms with E-state index in [9.17, 15) is 14.0 Å². The molecule has 0 aliphatic carbocycles. The predicted octanol–water partition coefficient (Wildman–Crippen LogP) is 3.52. The number of nitrogens with zero attached hydrogens (tertiary/aromatic N) is 1. The zero-order chi connectivity index (χ0) is 14.3. The first-order chi connectivity index (χ1) is 9.63. The largest absolute Gasteiger partial charge is 0.268 e. The summed E-state index contributed by atoms with van der Waals surface area (Å²) in [5.41, 5.74) is 1.67. The van der Waals surface area contributed by atoms with Crippen LogP contribution in [0.4, 0.5) is 10.1 Å². The third-order valence-electron chi connectivity index (χ3n) is 3.23. The van der Waals surface area contributed by atoms with Crippen molar-refractivity contribution in [2.24, 2.45) is 0 Å². The van der Waals surface area contributed by atoms with Crippen molar-refractivity contribution in [3.63, 3.8) is 0 Å². The molecule has 1 aliphatic heterocycles. The number of benzene rings is 2. The number of hydrogen-bond donors (Lipinski definition) is 0. The van der Waals surface area contributed by atoms with Gasteiger partial charge in [0.15, 0.2) is 0 Å². The molecule has 0 bridgehead atoms. The van der Waals surface area contributed by atoms with E-state index in [0.29, 0.717) is 22.0 Å². The summed E-state index contributed by atoms with van der Waals surface area (Å²) in [6.07, 6.45) is 0. The number of anilines is 1. The summed E-state index contributed by atoms with van der Waals surface area (Å²) in [4.78, 5) is 25.7. The minimum Gasteiger partial charge on any atom is -0.268 e. The lowest BCUT2D eigenvalue weighted by atomic mass is 10.1. The monoisotopic (exact) mass is 333 g/mol. The van der Waals surface area contributed by atoms with Gasteiger partial charge in [0.05, 0.1) is 16.8 Å². The van der Waals surface area contributed by atoms with Crippen molar-refractivity contribution in [2.75, 3.05) is 4.90 Å². The number of imide groups is 1. The van der Waals surface area contributed by atoms with E-state index in [-0.39, 0.29) is 5.69 Å². The second-order valence-corrected chi connectivity index (χ2v) is 4.96. The normalized spacial score (nSPS) is 13.8. The number of halogens is 2. The standard InChI is InChI=1S/C15H9BrFNO2/c16-8-9-5-6-10(17)7-13(9)18-14(19)11-3-1-2-4-12(11)15(18)20/h1-7H,8H2. The molecular weight excluding hydrogens is 325 g/mol. The number of carbonyl (C=O) groups is 2. The molecule has 20 heavy (non-hydrogen) atoms. The van der Waals surface area contributed by atoms with Gasteiger partial charge < -0.3 is 0 Å². The highest BCUT2D eigenvalue weighted by atomic mass is 79.9. The van der Waals surface area contributed by atoms with Gasteiger partial charge in [0.25, 0.3) is 11.8 Å². The lowest BCUT2D eigenvalue weighted by Gasteiger charge is -2.17. The lowest BCUT2D eigenvalue weighted by molar-refractivity contribution is 0.0926. The Morgan fingerprint density at radius 3 is 2.15 bits per heavy atom. The Labute approximate surface area is 123 Å². The topological polar surface area (TPSA) is 37.4 Å². The van der Waals surface area contributed by atoms with Crippen LogP contribution in [0.15, 0.2) is 42.5 Å². The molecule has 0 fully saturated rings. The van der Waals surface area contributed by atoms with Crippen molar-refractivity contribution in [2.45, 2.75) is 5.33 Å². The molecule has 0 unspecified atom stereocenters. The first kappa shape index (κ1) is 13.0. The smallest absolute Gasteiger partial charge is 0.266 e. The second-order valence-electron chi connectivity index (χ2n) is 4.40. The van der Waals surface area contributed by atoms with Crippen LogP contribution in [0.5, 0.6) is 0 Å². The Hall–Kier alpha value is -2.01. The summed E-state index contributed by atoms with van der Waals surface area (Å²) in [5, 5.41) is 0.427. The van der Waals surface area contributed by atoms with E-state index in [2.05, 4.69) is 15.9 Å². The van der Waals surface area contributed by atoms with Crippen LogP contribution in [0, 0.1) is 5.82 Å². The first-order valence-corrected chi connectivity index (χ1v) is 7.08. The molecule has 3 nitrogen and oxygen atoms in total. The lowest BCUT2D eigenvalue weighted by Crippen LogP contribution is -2.30. The van der Waals surface area contributed by atoms with Gasteiger partial charge >= 0.3 is 0 Å². The number of hydrogen-bond acceptors (Lipinski definition) is 2. The maximum atomic E-state index is 13.5. The van der Waals surface area contributed by atoms with Crippen LogP contribution in [0.25, 0.3) is 0 Å². The zero-order valence-corrected chi connectivity index (χ0v) is 11.9. The first-order valence-electron chi connectivity index (χ1n) is 5.95. The third kappa shape index (κ3) is 1.86. The van der Waals surface area contributed by atoms with Gasteiger partial charge in [-0.2, -0.15) is 0 Å². The highest BCUT2D eigenvalue weighted by Gasteiger charge is 2.37. The Balaban J connectivity index is 2.16. The fourth-order valence-electron chi connectivity index (χ4n) is 2.27. The Bertz CT molecular complexity index is 695. The van der Waals surface area contributed by atoms with E-state index in [4.69, 9.17) is 0 Å². The van der Waals surface area contributed by atoms with Gasteiger partial charge in [-0.3, -0.25) is 9.59 Å². The van der Waals surface area contributed by atoms with Gasteiger partial charge in [-0.25, -0.2) is 9.29 Å². The summed E-state index contributed by atoms with van der Waals surface area (Å²) in [7, 11) is 0. The van der Waals surface area contributed by atoms with Gasteiger partial charge in [-0.1, -0.05) is 34.1 Å². The summed E-state index contributed by atoms with van der Waals surface area (Å²) in [6, 6.07) is 10.7. The summed E-state index contributed by atoms with van der Waals surface area (Å²) in [5.74, 6) is -1.32. The van der Waals surface area contributed by atoms with Crippen LogP contribution in [-0.4, -0.2) is 11.8 Å². The maximum Gasteiger partial charge on any atom is 0.266 e. The Morgan fingerprint density at radius 2 is 1.60 bits per heavy atom. The van der Waals surface area contributed by atoms with Crippen LogP contribution in [0.1, 0.15) is 26.3 Å². The van der Waals surface area contributed by atoms with Crippen LogP contribution in [-0.2, 0) is 5.33 Å². The highest BCUT2D eigenvalue weighted by Crippen LogP contribution is 2.32. The number of alkyl halides is 1. The van der Waals surface area contributed by atoms with Gasteiger partial charge in [0.2, 0.25) is 0 Å². The van der Waals surface area contributed by atoms with E-state index in [1.54, 1.807) is 30.3 Å². The van der Waals surface area contributed by atoms with E-state index in [1.165, 1.54) is 12.1 Å². The van der Waals surface area contributed by atoms with E-state index in [1.807, 2.05) is 0 Å². The molecule has 0 spiro atoms. The molecule has 0 saturated heterocycles. The number of carbonyl (C=O) groups excluding carboxylic acids is 2. The minimum atomic E-state index is -0.485.